The first-order chi connectivity index (χ1) is 7.24. The predicted molar refractivity (Wildman–Crippen MR) is 61.2 cm³/mol. The quantitative estimate of drug-likeness (QED) is 0.799. The Balaban J connectivity index is 2.15. The van der Waals surface area contributed by atoms with Crippen LogP contribution in [0.1, 0.15) is 0 Å². The van der Waals surface area contributed by atoms with Gasteiger partial charge in [-0.05, 0) is 46.9 Å². The van der Waals surface area contributed by atoms with Gasteiger partial charge < -0.3 is 4.74 Å². The summed E-state index contributed by atoms with van der Waals surface area (Å²) in [5.41, 5.74) is 0. The molecule has 0 saturated heterocycles. The minimum atomic E-state index is -0.482. The molecule has 0 radical (unpaired) electrons. The average Bonchev–Trinajstić information content (AvgIpc) is 2.25. The molecule has 2 rings (SSSR count). The van der Waals surface area contributed by atoms with Crippen molar-refractivity contribution in [2.24, 2.45) is 0 Å². The largest absolute Gasteiger partial charge is 0.424 e. The van der Waals surface area contributed by atoms with E-state index in [1.807, 2.05) is 12.1 Å². The zero-order valence-electron chi connectivity index (χ0n) is 7.52. The number of benzene rings is 1. The standard InChI is InChI=1S/C10H6FIN2O/c11-7-5-13-10(14-6-7)15-9-3-1-8(12)2-4-9/h1-6H. The second-order valence-electron chi connectivity index (χ2n) is 2.74. The highest BCUT2D eigenvalue weighted by Gasteiger charge is 2.00. The predicted octanol–water partition coefficient (Wildman–Crippen LogP) is 3.01. The first-order valence-corrected chi connectivity index (χ1v) is 5.23. The molecule has 0 aliphatic carbocycles. The summed E-state index contributed by atoms with van der Waals surface area (Å²) in [5, 5.41) is 0. The summed E-state index contributed by atoms with van der Waals surface area (Å²) in [4.78, 5) is 7.37. The van der Waals surface area contributed by atoms with Crippen molar-refractivity contribution >= 4 is 22.6 Å². The first kappa shape index (κ1) is 10.3. The van der Waals surface area contributed by atoms with Gasteiger partial charge in [0.25, 0.3) is 0 Å². The fraction of sp³-hybridized carbons (Fsp3) is 0. The number of rotatable bonds is 2. The molecule has 1 heterocycles. The number of hydrogen-bond donors (Lipinski definition) is 0. The van der Waals surface area contributed by atoms with E-state index in [0.29, 0.717) is 5.75 Å². The number of ether oxygens (including phenoxy) is 1. The van der Waals surface area contributed by atoms with Crippen LogP contribution in [0.5, 0.6) is 11.8 Å². The Morgan fingerprint density at radius 3 is 2.27 bits per heavy atom. The van der Waals surface area contributed by atoms with Crippen molar-refractivity contribution in [1.82, 2.24) is 9.97 Å². The maximum Gasteiger partial charge on any atom is 0.322 e. The molecule has 0 aliphatic heterocycles. The highest BCUT2D eigenvalue weighted by molar-refractivity contribution is 14.1. The molecule has 0 unspecified atom stereocenters. The van der Waals surface area contributed by atoms with Crippen molar-refractivity contribution in [1.29, 1.82) is 0 Å². The van der Waals surface area contributed by atoms with E-state index >= 15 is 0 Å². The van der Waals surface area contributed by atoms with Gasteiger partial charge in [0.15, 0.2) is 5.82 Å². The third kappa shape index (κ3) is 2.85. The van der Waals surface area contributed by atoms with Crippen LogP contribution in [0.4, 0.5) is 4.39 Å². The lowest BCUT2D eigenvalue weighted by Crippen LogP contribution is -1.91. The molecule has 0 aliphatic rings. The van der Waals surface area contributed by atoms with Crippen molar-refractivity contribution in [2.45, 2.75) is 0 Å². The number of nitrogens with zero attached hydrogens (tertiary/aromatic N) is 2. The van der Waals surface area contributed by atoms with Gasteiger partial charge in [0.2, 0.25) is 0 Å². The fourth-order valence-corrected chi connectivity index (χ4v) is 1.32. The van der Waals surface area contributed by atoms with E-state index in [0.717, 1.165) is 16.0 Å². The molecular formula is C10H6FIN2O. The molecule has 0 bridgehead atoms. The van der Waals surface area contributed by atoms with E-state index in [4.69, 9.17) is 4.74 Å². The Bertz CT molecular complexity index is 400. The Kier molecular flexibility index (Phi) is 3.10. The second-order valence-corrected chi connectivity index (χ2v) is 3.99. The molecule has 1 aromatic carbocycles. The fourth-order valence-electron chi connectivity index (χ4n) is 0.961. The van der Waals surface area contributed by atoms with Gasteiger partial charge in [-0.3, -0.25) is 0 Å². The summed E-state index contributed by atoms with van der Waals surface area (Å²) in [6.45, 7) is 0. The topological polar surface area (TPSA) is 35.0 Å². The van der Waals surface area contributed by atoms with Crippen LogP contribution in [0.15, 0.2) is 36.7 Å². The molecule has 3 nitrogen and oxygen atoms in total. The molecule has 0 atom stereocenters. The van der Waals surface area contributed by atoms with E-state index in [2.05, 4.69) is 32.6 Å². The molecule has 5 heteroatoms. The number of halogens is 2. The molecule has 2 aromatic rings. The third-order valence-electron chi connectivity index (χ3n) is 1.62. The molecule has 0 amide bonds. The smallest absolute Gasteiger partial charge is 0.322 e. The van der Waals surface area contributed by atoms with Crippen LogP contribution in [0, 0.1) is 9.39 Å². The van der Waals surface area contributed by atoms with E-state index in [9.17, 15) is 4.39 Å². The van der Waals surface area contributed by atoms with Gasteiger partial charge in [-0.15, -0.1) is 0 Å². The van der Waals surface area contributed by atoms with Crippen molar-refractivity contribution in [3.63, 3.8) is 0 Å². The molecule has 0 saturated carbocycles. The van der Waals surface area contributed by atoms with Gasteiger partial charge in [0.1, 0.15) is 5.75 Å². The van der Waals surface area contributed by atoms with Gasteiger partial charge in [-0.25, -0.2) is 14.4 Å². The Morgan fingerprint density at radius 2 is 1.67 bits per heavy atom. The van der Waals surface area contributed by atoms with E-state index < -0.39 is 5.82 Å². The number of hydrogen-bond acceptors (Lipinski definition) is 3. The van der Waals surface area contributed by atoms with Crippen molar-refractivity contribution in [3.8, 4) is 11.8 Å². The molecule has 1 aromatic heterocycles. The van der Waals surface area contributed by atoms with Gasteiger partial charge in [-0.1, -0.05) is 0 Å². The summed E-state index contributed by atoms with van der Waals surface area (Å²) in [5.74, 6) is 0.145. The summed E-state index contributed by atoms with van der Waals surface area (Å²) in [6.07, 6.45) is 2.13. The van der Waals surface area contributed by atoms with Crippen molar-refractivity contribution in [2.75, 3.05) is 0 Å². The zero-order valence-corrected chi connectivity index (χ0v) is 9.68. The van der Waals surface area contributed by atoms with Crippen molar-refractivity contribution < 1.29 is 9.13 Å². The van der Waals surface area contributed by atoms with Crippen LogP contribution in [0.2, 0.25) is 0 Å². The van der Waals surface area contributed by atoms with Crippen LogP contribution < -0.4 is 4.74 Å². The summed E-state index contributed by atoms with van der Waals surface area (Å²) in [7, 11) is 0. The van der Waals surface area contributed by atoms with Crippen molar-refractivity contribution in [3.05, 3.63) is 46.0 Å². The Labute approximate surface area is 99.5 Å². The molecule has 0 spiro atoms. The Morgan fingerprint density at radius 1 is 1.07 bits per heavy atom. The lowest BCUT2D eigenvalue weighted by molar-refractivity contribution is 0.436. The van der Waals surface area contributed by atoms with Gasteiger partial charge >= 0.3 is 6.01 Å². The normalized spacial score (nSPS) is 10.0. The minimum Gasteiger partial charge on any atom is -0.424 e. The zero-order chi connectivity index (χ0) is 10.7. The SMILES string of the molecule is Fc1cnc(Oc2ccc(I)cc2)nc1. The molecule has 76 valence electrons. The maximum atomic E-state index is 12.5. The van der Waals surface area contributed by atoms with Crippen LogP contribution in [0.25, 0.3) is 0 Å². The van der Waals surface area contributed by atoms with Gasteiger partial charge in [-0.2, -0.15) is 0 Å². The maximum absolute atomic E-state index is 12.5. The Hall–Kier alpha value is -1.24. The average molecular weight is 316 g/mol. The van der Waals surface area contributed by atoms with E-state index in [1.54, 1.807) is 12.1 Å². The molecule has 15 heavy (non-hydrogen) atoms. The minimum absolute atomic E-state index is 0.137. The van der Waals surface area contributed by atoms with Crippen LogP contribution in [0.3, 0.4) is 0 Å². The van der Waals surface area contributed by atoms with Gasteiger partial charge in [0.05, 0.1) is 12.4 Å². The third-order valence-corrected chi connectivity index (χ3v) is 2.34. The molecular weight excluding hydrogens is 310 g/mol. The number of aromatic nitrogens is 2. The second kappa shape index (κ2) is 4.52. The molecule has 0 fully saturated rings. The molecule has 0 N–H and O–H groups in total. The lowest BCUT2D eigenvalue weighted by atomic mass is 10.3. The van der Waals surface area contributed by atoms with Crippen LogP contribution >= 0.6 is 22.6 Å². The van der Waals surface area contributed by atoms with Gasteiger partial charge in [0, 0.05) is 3.57 Å². The highest BCUT2D eigenvalue weighted by atomic mass is 127. The highest BCUT2D eigenvalue weighted by Crippen LogP contribution is 2.18. The van der Waals surface area contributed by atoms with Crippen LogP contribution in [-0.4, -0.2) is 9.97 Å². The van der Waals surface area contributed by atoms with Crippen LogP contribution in [-0.2, 0) is 0 Å². The summed E-state index contributed by atoms with van der Waals surface area (Å²) < 4.78 is 18.9. The monoisotopic (exact) mass is 316 g/mol. The summed E-state index contributed by atoms with van der Waals surface area (Å²) >= 11 is 2.20. The van der Waals surface area contributed by atoms with E-state index in [-0.39, 0.29) is 6.01 Å². The first-order valence-electron chi connectivity index (χ1n) is 4.15. The summed E-state index contributed by atoms with van der Waals surface area (Å²) in [6, 6.07) is 7.54. The lowest BCUT2D eigenvalue weighted by Gasteiger charge is -2.02. The van der Waals surface area contributed by atoms with E-state index in [1.165, 1.54) is 0 Å².